The van der Waals surface area contributed by atoms with Crippen LogP contribution in [0.25, 0.3) is 33.9 Å². The number of rotatable bonds is 3. The van der Waals surface area contributed by atoms with Gasteiger partial charge in [-0.25, -0.2) is 13.5 Å². The van der Waals surface area contributed by atoms with E-state index in [0.717, 1.165) is 33.9 Å². The van der Waals surface area contributed by atoms with Gasteiger partial charge in [0.1, 0.15) is 5.82 Å². The van der Waals surface area contributed by atoms with Crippen molar-refractivity contribution in [3.8, 4) is 33.9 Å². The van der Waals surface area contributed by atoms with Crippen LogP contribution in [-0.2, 0) is 14.1 Å². The van der Waals surface area contributed by atoms with Crippen molar-refractivity contribution in [2.75, 3.05) is 0 Å². The van der Waals surface area contributed by atoms with E-state index in [1.807, 2.05) is 56.6 Å². The lowest BCUT2D eigenvalue weighted by Gasteiger charge is -2.02. The highest BCUT2D eigenvalue weighted by Gasteiger charge is 2.29. The van der Waals surface area contributed by atoms with Gasteiger partial charge in [-0.05, 0) is 18.2 Å². The fourth-order valence-electron chi connectivity index (χ4n) is 3.62. The smallest absolute Gasteiger partial charge is 0.225 e. The van der Waals surface area contributed by atoms with Gasteiger partial charge in [0, 0.05) is 11.1 Å². The summed E-state index contributed by atoms with van der Waals surface area (Å²) >= 11 is 0. The average molecular weight is 343 g/mol. The molecule has 0 saturated heterocycles. The Labute approximate surface area is 152 Å². The Balaban J connectivity index is 2.06. The third-order valence-electron chi connectivity index (χ3n) is 4.71. The van der Waals surface area contributed by atoms with E-state index >= 15 is 0 Å². The fraction of sp³-hybridized carbons (Fsp3) is 0.0870. The number of hydrogen-bond donors (Lipinski definition) is 0. The molecule has 3 aromatic carbocycles. The molecule has 0 aliphatic carbocycles. The van der Waals surface area contributed by atoms with Crippen LogP contribution in [0.3, 0.4) is 0 Å². The van der Waals surface area contributed by atoms with Crippen LogP contribution in [-0.4, -0.2) is 4.57 Å². The van der Waals surface area contributed by atoms with Gasteiger partial charge in [-0.1, -0.05) is 66.7 Å². The Morgan fingerprint density at radius 1 is 0.731 bits per heavy atom. The van der Waals surface area contributed by atoms with E-state index in [9.17, 15) is 4.39 Å². The predicted octanol–water partition coefficient (Wildman–Crippen LogP) is 4.99. The Hall–Kier alpha value is -3.20. The molecular formula is C23H20FN2+. The highest BCUT2D eigenvalue weighted by molar-refractivity contribution is 5.78. The maximum atomic E-state index is 13.9. The Morgan fingerprint density at radius 3 is 1.92 bits per heavy atom. The highest BCUT2D eigenvalue weighted by Crippen LogP contribution is 2.33. The number of nitrogens with zero attached hydrogens (tertiary/aromatic N) is 2. The molecule has 0 radical (unpaired) electrons. The summed E-state index contributed by atoms with van der Waals surface area (Å²) in [6, 6.07) is 27.4. The minimum atomic E-state index is -0.230. The number of hydrogen-bond acceptors (Lipinski definition) is 0. The van der Waals surface area contributed by atoms with Crippen molar-refractivity contribution in [1.29, 1.82) is 0 Å². The van der Waals surface area contributed by atoms with Gasteiger partial charge in [-0.2, -0.15) is 0 Å². The van der Waals surface area contributed by atoms with Crippen LogP contribution in [0.5, 0.6) is 0 Å². The molecule has 4 aromatic rings. The largest absolute Gasteiger partial charge is 0.289 e. The molecule has 26 heavy (non-hydrogen) atoms. The van der Waals surface area contributed by atoms with Crippen LogP contribution in [0, 0.1) is 5.82 Å². The lowest BCUT2D eigenvalue weighted by atomic mass is 10.0. The number of aromatic nitrogens is 2. The van der Waals surface area contributed by atoms with E-state index in [0.29, 0.717) is 0 Å². The minimum Gasteiger partial charge on any atom is -0.225 e. The summed E-state index contributed by atoms with van der Waals surface area (Å²) in [5.41, 5.74) is 5.34. The first kappa shape index (κ1) is 16.3. The van der Waals surface area contributed by atoms with Crippen LogP contribution in [0.1, 0.15) is 0 Å². The first-order valence-electron chi connectivity index (χ1n) is 8.62. The van der Waals surface area contributed by atoms with Crippen LogP contribution < -0.4 is 4.57 Å². The molecule has 0 bridgehead atoms. The third-order valence-corrected chi connectivity index (χ3v) is 4.71. The normalized spacial score (nSPS) is 10.9. The first-order chi connectivity index (χ1) is 12.7. The summed E-state index contributed by atoms with van der Waals surface area (Å²) in [5, 5.41) is 0. The molecular weight excluding hydrogens is 323 g/mol. The first-order valence-corrected chi connectivity index (χ1v) is 8.62. The minimum absolute atomic E-state index is 0.230. The molecule has 0 unspecified atom stereocenters. The van der Waals surface area contributed by atoms with Crippen molar-refractivity contribution in [3.63, 3.8) is 0 Å². The molecule has 0 aliphatic heterocycles. The Morgan fingerprint density at radius 2 is 1.31 bits per heavy atom. The molecule has 0 atom stereocenters. The van der Waals surface area contributed by atoms with Crippen molar-refractivity contribution in [1.82, 2.24) is 4.57 Å². The zero-order valence-electron chi connectivity index (χ0n) is 14.9. The van der Waals surface area contributed by atoms with Crippen molar-refractivity contribution in [3.05, 3.63) is 90.7 Å². The van der Waals surface area contributed by atoms with Crippen LogP contribution in [0.4, 0.5) is 4.39 Å². The van der Waals surface area contributed by atoms with Crippen LogP contribution in [0.2, 0.25) is 0 Å². The molecule has 4 rings (SSSR count). The SMILES string of the molecule is Cn1c(-c2ccccc2)c(-c2ccccc2)[n+](C)c1-c1cccc(F)c1. The maximum absolute atomic E-state index is 13.9. The van der Waals surface area contributed by atoms with E-state index in [2.05, 4.69) is 33.4 Å². The molecule has 0 N–H and O–H groups in total. The molecule has 1 heterocycles. The molecule has 0 aliphatic rings. The maximum Gasteiger partial charge on any atom is 0.289 e. The van der Waals surface area contributed by atoms with Crippen LogP contribution >= 0.6 is 0 Å². The van der Waals surface area contributed by atoms with Crippen LogP contribution in [0.15, 0.2) is 84.9 Å². The lowest BCUT2D eigenvalue weighted by molar-refractivity contribution is -0.648. The van der Waals surface area contributed by atoms with Gasteiger partial charge in [-0.15, -0.1) is 0 Å². The summed E-state index contributed by atoms with van der Waals surface area (Å²) < 4.78 is 18.1. The summed E-state index contributed by atoms with van der Waals surface area (Å²) in [6.07, 6.45) is 0. The topological polar surface area (TPSA) is 8.81 Å². The van der Waals surface area contributed by atoms with E-state index in [4.69, 9.17) is 0 Å². The van der Waals surface area contributed by atoms with E-state index in [-0.39, 0.29) is 5.82 Å². The van der Waals surface area contributed by atoms with Gasteiger partial charge in [0.25, 0.3) is 5.82 Å². The number of halogens is 1. The summed E-state index contributed by atoms with van der Waals surface area (Å²) in [6.45, 7) is 0. The second-order valence-corrected chi connectivity index (χ2v) is 6.38. The molecule has 3 heteroatoms. The second-order valence-electron chi connectivity index (χ2n) is 6.38. The predicted molar refractivity (Wildman–Crippen MR) is 103 cm³/mol. The molecule has 0 saturated carbocycles. The monoisotopic (exact) mass is 343 g/mol. The number of benzene rings is 3. The molecule has 0 amide bonds. The van der Waals surface area contributed by atoms with Crippen molar-refractivity contribution >= 4 is 0 Å². The van der Waals surface area contributed by atoms with Gasteiger partial charge in [0.2, 0.25) is 0 Å². The summed E-state index contributed by atoms with van der Waals surface area (Å²) in [5.74, 6) is 0.730. The second kappa shape index (κ2) is 6.60. The molecule has 0 fully saturated rings. The molecule has 128 valence electrons. The molecule has 2 nitrogen and oxygen atoms in total. The zero-order valence-corrected chi connectivity index (χ0v) is 14.9. The molecule has 1 aromatic heterocycles. The standard InChI is InChI=1S/C23H20FN2/c1-25-21(17-10-5-3-6-11-17)22(18-12-7-4-8-13-18)26(2)23(25)19-14-9-15-20(24)16-19/h3-16H,1-2H3/q+1. The highest BCUT2D eigenvalue weighted by atomic mass is 19.1. The zero-order chi connectivity index (χ0) is 18.1. The summed E-state index contributed by atoms with van der Waals surface area (Å²) in [4.78, 5) is 0. The average Bonchev–Trinajstić information content (AvgIpc) is 2.93. The van der Waals surface area contributed by atoms with Gasteiger partial charge in [-0.3, -0.25) is 0 Å². The Kier molecular flexibility index (Phi) is 4.13. The van der Waals surface area contributed by atoms with E-state index < -0.39 is 0 Å². The van der Waals surface area contributed by atoms with E-state index in [1.54, 1.807) is 12.1 Å². The number of imidazole rings is 1. The van der Waals surface area contributed by atoms with Crippen molar-refractivity contribution < 1.29 is 8.96 Å². The third kappa shape index (κ3) is 2.72. The molecule has 0 spiro atoms. The van der Waals surface area contributed by atoms with Crippen molar-refractivity contribution in [2.24, 2.45) is 14.1 Å². The quantitative estimate of drug-likeness (QED) is 0.463. The van der Waals surface area contributed by atoms with Gasteiger partial charge >= 0.3 is 0 Å². The Bertz CT molecular complexity index is 988. The van der Waals surface area contributed by atoms with Gasteiger partial charge < -0.3 is 0 Å². The summed E-state index contributed by atoms with van der Waals surface area (Å²) in [7, 11) is 4.07. The van der Waals surface area contributed by atoms with Gasteiger partial charge in [0.15, 0.2) is 11.4 Å². The fourth-order valence-corrected chi connectivity index (χ4v) is 3.62. The van der Waals surface area contributed by atoms with Gasteiger partial charge in [0.05, 0.1) is 19.7 Å². The van der Waals surface area contributed by atoms with E-state index in [1.165, 1.54) is 6.07 Å². The van der Waals surface area contributed by atoms with Crippen molar-refractivity contribution in [2.45, 2.75) is 0 Å². The lowest BCUT2D eigenvalue weighted by Crippen LogP contribution is -2.32.